The molecule has 7 nitrogen and oxygen atoms in total. The highest BCUT2D eigenvalue weighted by Crippen LogP contribution is 2.44. The first-order valence-electron chi connectivity index (χ1n) is 12.5. The molecular weight excluding hydrogens is 444 g/mol. The number of carboxylic acid groups (broad SMARTS) is 1. The van der Waals surface area contributed by atoms with Crippen LogP contribution < -0.4 is 5.32 Å². The number of nitrogens with one attached hydrogen (secondary N) is 1. The van der Waals surface area contributed by atoms with Crippen molar-refractivity contribution >= 4 is 18.0 Å². The summed E-state index contributed by atoms with van der Waals surface area (Å²) >= 11 is 0. The lowest BCUT2D eigenvalue weighted by atomic mass is 9.92. The second-order valence-electron chi connectivity index (χ2n) is 9.77. The molecule has 2 atom stereocenters. The zero-order valence-electron chi connectivity index (χ0n) is 20.4. The number of carbonyl (C=O) groups excluding carboxylic acids is 2. The van der Waals surface area contributed by atoms with Crippen molar-refractivity contribution in [3.05, 3.63) is 59.7 Å². The minimum absolute atomic E-state index is 0.0355. The molecule has 0 radical (unpaired) electrons. The SMILES string of the molecule is CC(C)N(CC(=O)O)C(=O)C1CCCCCC1NC(=O)OCC1c2ccccc2-c2ccccc21. The van der Waals surface area contributed by atoms with Crippen LogP contribution in [0, 0.1) is 5.92 Å². The molecule has 1 saturated carbocycles. The molecule has 1 fully saturated rings. The first-order valence-corrected chi connectivity index (χ1v) is 12.5. The molecule has 0 aromatic heterocycles. The number of nitrogens with zero attached hydrogens (tertiary/aromatic N) is 1. The van der Waals surface area contributed by atoms with Gasteiger partial charge in [0.05, 0.1) is 5.92 Å². The number of carboxylic acids is 1. The van der Waals surface area contributed by atoms with Crippen molar-refractivity contribution < 1.29 is 24.2 Å². The Morgan fingerprint density at radius 2 is 1.57 bits per heavy atom. The van der Waals surface area contributed by atoms with E-state index in [1.807, 2.05) is 38.1 Å². The molecule has 35 heavy (non-hydrogen) atoms. The average Bonchev–Trinajstić information content (AvgIpc) is 2.97. The van der Waals surface area contributed by atoms with Crippen molar-refractivity contribution in [3.63, 3.8) is 0 Å². The Hall–Kier alpha value is -3.35. The fraction of sp³-hybridized carbons (Fsp3) is 0.464. The van der Waals surface area contributed by atoms with Crippen molar-refractivity contribution in [2.45, 2.75) is 64.0 Å². The highest BCUT2D eigenvalue weighted by atomic mass is 16.5. The molecule has 2 N–H and O–H groups in total. The molecule has 2 unspecified atom stereocenters. The standard InChI is InChI=1S/C28H34N2O5/c1-18(2)30(16-26(31)32)27(33)23-14-4-3-5-15-25(23)29-28(34)35-17-24-21-12-8-6-10-19(21)20-11-7-9-13-22(20)24/h6-13,18,23-25H,3-5,14-17H2,1-2H3,(H,29,34)(H,31,32). The predicted molar refractivity (Wildman–Crippen MR) is 133 cm³/mol. The number of aliphatic carboxylic acids is 1. The molecule has 4 rings (SSSR count). The van der Waals surface area contributed by atoms with E-state index < -0.39 is 18.0 Å². The largest absolute Gasteiger partial charge is 0.480 e. The second-order valence-corrected chi connectivity index (χ2v) is 9.77. The number of amides is 2. The van der Waals surface area contributed by atoms with Crippen molar-refractivity contribution in [1.29, 1.82) is 0 Å². The van der Waals surface area contributed by atoms with Gasteiger partial charge in [-0.1, -0.05) is 67.8 Å². The lowest BCUT2D eigenvalue weighted by Gasteiger charge is -2.32. The number of carbonyl (C=O) groups is 3. The number of benzene rings is 2. The van der Waals surface area contributed by atoms with E-state index >= 15 is 0 Å². The molecule has 2 aromatic carbocycles. The maximum absolute atomic E-state index is 13.3. The number of alkyl carbamates (subject to hydrolysis) is 1. The monoisotopic (exact) mass is 478 g/mol. The summed E-state index contributed by atoms with van der Waals surface area (Å²) in [5.74, 6) is -1.75. The molecule has 2 aliphatic rings. The van der Waals surface area contributed by atoms with Gasteiger partial charge in [-0.15, -0.1) is 0 Å². The maximum Gasteiger partial charge on any atom is 0.407 e. The number of hydrogen-bond acceptors (Lipinski definition) is 4. The Morgan fingerprint density at radius 1 is 0.971 bits per heavy atom. The van der Waals surface area contributed by atoms with Crippen LogP contribution in [-0.2, 0) is 14.3 Å². The highest BCUT2D eigenvalue weighted by Gasteiger charge is 2.36. The van der Waals surface area contributed by atoms with Crippen molar-refractivity contribution in [2.24, 2.45) is 5.92 Å². The van der Waals surface area contributed by atoms with E-state index in [1.165, 1.54) is 16.0 Å². The van der Waals surface area contributed by atoms with Crippen LogP contribution in [0.4, 0.5) is 4.79 Å². The predicted octanol–water partition coefficient (Wildman–Crippen LogP) is 4.80. The molecule has 0 heterocycles. The minimum atomic E-state index is -1.04. The van der Waals surface area contributed by atoms with E-state index in [1.54, 1.807) is 0 Å². The summed E-state index contributed by atoms with van der Waals surface area (Å²) in [6.07, 6.45) is 3.51. The molecule has 2 amide bonds. The van der Waals surface area contributed by atoms with E-state index in [0.717, 1.165) is 30.4 Å². The summed E-state index contributed by atoms with van der Waals surface area (Å²) in [7, 11) is 0. The van der Waals surface area contributed by atoms with E-state index in [2.05, 4.69) is 29.6 Å². The Morgan fingerprint density at radius 3 is 2.17 bits per heavy atom. The van der Waals surface area contributed by atoms with Crippen LogP contribution in [0.15, 0.2) is 48.5 Å². The molecular formula is C28H34N2O5. The normalized spacial score (nSPS) is 19.4. The van der Waals surface area contributed by atoms with E-state index in [0.29, 0.717) is 12.8 Å². The first-order chi connectivity index (χ1) is 16.9. The van der Waals surface area contributed by atoms with Gasteiger partial charge in [-0.25, -0.2) is 4.79 Å². The lowest BCUT2D eigenvalue weighted by Crippen LogP contribution is -2.51. The maximum atomic E-state index is 13.3. The van der Waals surface area contributed by atoms with Gasteiger partial charge >= 0.3 is 12.1 Å². The zero-order valence-corrected chi connectivity index (χ0v) is 20.4. The van der Waals surface area contributed by atoms with Crippen LogP contribution in [0.5, 0.6) is 0 Å². The van der Waals surface area contributed by atoms with E-state index in [4.69, 9.17) is 4.74 Å². The summed E-state index contributed by atoms with van der Waals surface area (Å²) in [5, 5.41) is 12.2. The molecule has 0 bridgehead atoms. The Kier molecular flexibility index (Phi) is 7.73. The fourth-order valence-electron chi connectivity index (χ4n) is 5.44. The molecule has 2 aliphatic carbocycles. The van der Waals surface area contributed by atoms with Crippen molar-refractivity contribution in [1.82, 2.24) is 10.2 Å². The van der Waals surface area contributed by atoms with Gasteiger partial charge in [0.1, 0.15) is 13.2 Å². The topological polar surface area (TPSA) is 95.9 Å². The number of fused-ring (bicyclic) bond motifs is 3. The van der Waals surface area contributed by atoms with Gasteiger partial charge in [0.2, 0.25) is 5.91 Å². The number of hydrogen-bond donors (Lipinski definition) is 2. The van der Waals surface area contributed by atoms with Gasteiger partial charge in [0.25, 0.3) is 0 Å². The third kappa shape index (κ3) is 5.50. The second kappa shape index (κ2) is 10.9. The van der Waals surface area contributed by atoms with Crippen LogP contribution in [-0.4, -0.2) is 53.2 Å². The van der Waals surface area contributed by atoms with Gasteiger partial charge < -0.3 is 20.1 Å². The minimum Gasteiger partial charge on any atom is -0.480 e. The lowest BCUT2D eigenvalue weighted by molar-refractivity contribution is -0.148. The van der Waals surface area contributed by atoms with Crippen LogP contribution in [0.2, 0.25) is 0 Å². The third-order valence-corrected chi connectivity index (χ3v) is 7.19. The Balaban J connectivity index is 1.44. The molecule has 0 aliphatic heterocycles. The molecule has 2 aromatic rings. The summed E-state index contributed by atoms with van der Waals surface area (Å²) in [6, 6.07) is 15.7. The van der Waals surface area contributed by atoms with Crippen LogP contribution in [0.25, 0.3) is 11.1 Å². The molecule has 0 spiro atoms. The van der Waals surface area contributed by atoms with Crippen LogP contribution in [0.3, 0.4) is 0 Å². The van der Waals surface area contributed by atoms with Crippen LogP contribution >= 0.6 is 0 Å². The number of ether oxygens (including phenoxy) is 1. The quantitative estimate of drug-likeness (QED) is 0.558. The molecule has 186 valence electrons. The fourth-order valence-corrected chi connectivity index (χ4v) is 5.44. The first kappa shape index (κ1) is 24.8. The van der Waals surface area contributed by atoms with Gasteiger partial charge in [0.15, 0.2) is 0 Å². The van der Waals surface area contributed by atoms with Gasteiger partial charge in [0, 0.05) is 18.0 Å². The summed E-state index contributed by atoms with van der Waals surface area (Å²) in [6.45, 7) is 3.49. The van der Waals surface area contributed by atoms with Crippen LogP contribution in [0.1, 0.15) is 63.0 Å². The molecule has 0 saturated heterocycles. The third-order valence-electron chi connectivity index (χ3n) is 7.19. The Bertz CT molecular complexity index is 1040. The smallest absolute Gasteiger partial charge is 0.407 e. The highest BCUT2D eigenvalue weighted by molar-refractivity contribution is 5.84. The zero-order chi connectivity index (χ0) is 24.9. The average molecular weight is 479 g/mol. The van der Waals surface area contributed by atoms with Gasteiger partial charge in [-0.2, -0.15) is 0 Å². The van der Waals surface area contributed by atoms with E-state index in [-0.39, 0.29) is 37.1 Å². The number of rotatable bonds is 7. The molecule has 7 heteroatoms. The van der Waals surface area contributed by atoms with Crippen molar-refractivity contribution in [2.75, 3.05) is 13.2 Å². The van der Waals surface area contributed by atoms with E-state index in [9.17, 15) is 19.5 Å². The Labute approximate surface area is 206 Å². The van der Waals surface area contributed by atoms with Crippen molar-refractivity contribution in [3.8, 4) is 11.1 Å². The van der Waals surface area contributed by atoms with Gasteiger partial charge in [-0.3, -0.25) is 9.59 Å². The summed E-state index contributed by atoms with van der Waals surface area (Å²) in [5.41, 5.74) is 4.62. The summed E-state index contributed by atoms with van der Waals surface area (Å²) < 4.78 is 5.71. The summed E-state index contributed by atoms with van der Waals surface area (Å²) in [4.78, 5) is 39.0. The van der Waals surface area contributed by atoms with Gasteiger partial charge in [-0.05, 0) is 48.9 Å².